The molecule has 1 aromatic carbocycles. The lowest BCUT2D eigenvalue weighted by Crippen LogP contribution is -2.34. The van der Waals surface area contributed by atoms with Crippen molar-refractivity contribution in [3.63, 3.8) is 0 Å². The molecule has 27 heavy (non-hydrogen) atoms. The highest BCUT2D eigenvalue weighted by Crippen LogP contribution is 2.35. The summed E-state index contributed by atoms with van der Waals surface area (Å²) in [7, 11) is 0. The predicted molar refractivity (Wildman–Crippen MR) is 101 cm³/mol. The number of halogens is 3. The molecule has 1 aliphatic heterocycles. The number of alkyl halides is 3. The van der Waals surface area contributed by atoms with Gasteiger partial charge in [-0.3, -0.25) is 9.89 Å². The zero-order valence-corrected chi connectivity index (χ0v) is 15.9. The summed E-state index contributed by atoms with van der Waals surface area (Å²) in [6, 6.07) is 9.19. The van der Waals surface area contributed by atoms with Crippen LogP contribution in [-0.2, 0) is 17.5 Å². The number of pyridine rings is 1. The van der Waals surface area contributed by atoms with E-state index < -0.39 is 11.7 Å². The van der Waals surface area contributed by atoms with Crippen molar-refractivity contribution < 1.29 is 17.9 Å². The van der Waals surface area contributed by atoms with Gasteiger partial charge in [0.2, 0.25) is 0 Å². The van der Waals surface area contributed by atoms with E-state index in [-0.39, 0.29) is 18.8 Å². The van der Waals surface area contributed by atoms with Gasteiger partial charge in [-0.05, 0) is 30.4 Å². The quantitative estimate of drug-likeness (QED) is 0.647. The molecule has 0 unspecified atom stereocenters. The lowest BCUT2D eigenvalue weighted by atomic mass is 10.1. The van der Waals surface area contributed by atoms with Crippen molar-refractivity contribution in [2.45, 2.75) is 31.5 Å². The largest absolute Gasteiger partial charge is 0.418 e. The molecule has 0 saturated carbocycles. The molecule has 3 rings (SSSR count). The predicted octanol–water partition coefficient (Wildman–Crippen LogP) is 4.97. The lowest BCUT2D eigenvalue weighted by Gasteiger charge is -2.25. The molecule has 0 fully saturated rings. The molecule has 1 aromatic heterocycles. The lowest BCUT2D eigenvalue weighted by molar-refractivity contribution is -0.138. The molecule has 0 amide bonds. The third-order valence-electron chi connectivity index (χ3n) is 4.06. The Labute approximate surface area is 160 Å². The fraction of sp³-hybridized carbons (Fsp3) is 0.368. The van der Waals surface area contributed by atoms with Gasteiger partial charge >= 0.3 is 6.18 Å². The molecule has 0 saturated heterocycles. The van der Waals surface area contributed by atoms with Crippen molar-refractivity contribution in [3.8, 4) is 0 Å². The van der Waals surface area contributed by atoms with Crippen LogP contribution >= 0.6 is 11.8 Å². The van der Waals surface area contributed by atoms with Crippen LogP contribution in [0.2, 0.25) is 0 Å². The van der Waals surface area contributed by atoms with Gasteiger partial charge in [-0.25, -0.2) is 4.98 Å². The molecule has 0 atom stereocenters. The van der Waals surface area contributed by atoms with Gasteiger partial charge in [0, 0.05) is 23.3 Å². The Bertz CT molecular complexity index is 839. The van der Waals surface area contributed by atoms with Gasteiger partial charge in [0.15, 0.2) is 0 Å². The molecule has 4 nitrogen and oxygen atoms in total. The van der Waals surface area contributed by atoms with Crippen LogP contribution in [-0.4, -0.2) is 29.9 Å². The van der Waals surface area contributed by atoms with Gasteiger partial charge in [-0.15, -0.1) is 11.8 Å². The Morgan fingerprint density at radius 3 is 2.70 bits per heavy atom. The molecule has 2 heterocycles. The average Bonchev–Trinajstić information content (AvgIpc) is 2.76. The number of amidine groups is 1. The third-order valence-corrected chi connectivity index (χ3v) is 5.02. The number of ether oxygens (including phenoxy) is 1. The van der Waals surface area contributed by atoms with Crippen LogP contribution in [0, 0.1) is 0 Å². The Hall–Kier alpha value is -2.06. The Kier molecular flexibility index (Phi) is 6.06. The molecule has 2 aromatic rings. The standard InChI is InChI=1S/C19H20F3N3OS/c1-3-26-12-25-17-9-13(15(11-23-17)19(20,21)22)10-24-18(25)14-7-5-6-8-16(14)27-4-2/h5-9,11H,3-4,10,12H2,1-2H3. The molecule has 1 aliphatic rings. The highest BCUT2D eigenvalue weighted by Gasteiger charge is 2.35. The van der Waals surface area contributed by atoms with Crippen molar-refractivity contribution >= 4 is 23.4 Å². The van der Waals surface area contributed by atoms with Crippen LogP contribution in [0.1, 0.15) is 30.5 Å². The second kappa shape index (κ2) is 8.31. The summed E-state index contributed by atoms with van der Waals surface area (Å²) < 4.78 is 45.4. The molecule has 0 radical (unpaired) electrons. The number of anilines is 1. The molecule has 2 bridgehead atoms. The number of benzene rings is 1. The van der Waals surface area contributed by atoms with E-state index in [1.54, 1.807) is 16.7 Å². The first-order valence-electron chi connectivity index (χ1n) is 8.63. The van der Waals surface area contributed by atoms with E-state index in [1.165, 1.54) is 6.07 Å². The van der Waals surface area contributed by atoms with Crippen molar-refractivity contribution in [3.05, 3.63) is 53.2 Å². The Morgan fingerprint density at radius 1 is 1.22 bits per heavy atom. The Balaban J connectivity index is 2.10. The summed E-state index contributed by atoms with van der Waals surface area (Å²) in [5.41, 5.74) is 0.232. The van der Waals surface area contributed by atoms with Crippen LogP contribution in [0.3, 0.4) is 0 Å². The average molecular weight is 395 g/mol. The maximum Gasteiger partial charge on any atom is 0.418 e. The number of hydrogen-bond acceptors (Lipinski definition) is 5. The third kappa shape index (κ3) is 4.27. The molecular formula is C19H20F3N3OS. The van der Waals surface area contributed by atoms with Crippen molar-refractivity contribution in [2.24, 2.45) is 4.99 Å². The van der Waals surface area contributed by atoms with Gasteiger partial charge < -0.3 is 4.74 Å². The monoisotopic (exact) mass is 395 g/mol. The first-order valence-corrected chi connectivity index (χ1v) is 9.62. The van der Waals surface area contributed by atoms with Gasteiger partial charge in [-0.1, -0.05) is 25.1 Å². The normalized spacial score (nSPS) is 14.1. The molecule has 0 spiro atoms. The fourth-order valence-corrected chi connectivity index (χ4v) is 3.65. The van der Waals surface area contributed by atoms with Crippen LogP contribution in [0.25, 0.3) is 0 Å². The summed E-state index contributed by atoms with van der Waals surface area (Å²) in [5, 5.41) is 0. The zero-order valence-electron chi connectivity index (χ0n) is 15.1. The van der Waals surface area contributed by atoms with Crippen molar-refractivity contribution in [2.75, 3.05) is 24.0 Å². The second-order valence-corrected chi connectivity index (χ2v) is 7.12. The maximum atomic E-state index is 13.3. The van der Waals surface area contributed by atoms with Crippen LogP contribution in [0.5, 0.6) is 0 Å². The summed E-state index contributed by atoms with van der Waals surface area (Å²) in [4.78, 5) is 11.3. The van der Waals surface area contributed by atoms with Crippen LogP contribution in [0.15, 0.2) is 46.4 Å². The highest BCUT2D eigenvalue weighted by atomic mass is 32.2. The zero-order chi connectivity index (χ0) is 19.4. The number of aliphatic imine (C=N–C) groups is 1. The van der Waals surface area contributed by atoms with Crippen LogP contribution in [0.4, 0.5) is 19.0 Å². The minimum atomic E-state index is -4.46. The SMILES string of the molecule is CCOCN1C(c2ccccc2SCC)=NCc2cc1ncc2C(F)(F)F. The number of aromatic nitrogens is 1. The number of hydrogen-bond donors (Lipinski definition) is 0. The smallest absolute Gasteiger partial charge is 0.361 e. The summed E-state index contributed by atoms with van der Waals surface area (Å²) in [5.74, 6) is 1.85. The molecule has 8 heteroatoms. The minimum absolute atomic E-state index is 0.0621. The first kappa shape index (κ1) is 19.7. The number of fused-ring (bicyclic) bond motifs is 2. The van der Waals surface area contributed by atoms with E-state index in [4.69, 9.17) is 4.74 Å². The van der Waals surface area contributed by atoms with E-state index in [9.17, 15) is 13.2 Å². The topological polar surface area (TPSA) is 37.7 Å². The van der Waals surface area contributed by atoms with E-state index in [0.717, 1.165) is 22.4 Å². The fourth-order valence-electron chi connectivity index (χ4n) is 2.85. The number of thioether (sulfide) groups is 1. The highest BCUT2D eigenvalue weighted by molar-refractivity contribution is 7.99. The maximum absolute atomic E-state index is 13.3. The number of nitrogens with zero attached hydrogens (tertiary/aromatic N) is 3. The first-order chi connectivity index (χ1) is 13.0. The van der Waals surface area contributed by atoms with E-state index in [0.29, 0.717) is 18.3 Å². The summed E-state index contributed by atoms with van der Waals surface area (Å²) >= 11 is 1.66. The van der Waals surface area contributed by atoms with Crippen LogP contribution < -0.4 is 4.90 Å². The van der Waals surface area contributed by atoms with Gasteiger partial charge in [0.05, 0.1) is 12.1 Å². The van der Waals surface area contributed by atoms with Gasteiger partial charge in [0.1, 0.15) is 18.4 Å². The number of rotatable bonds is 6. The van der Waals surface area contributed by atoms with E-state index in [1.807, 2.05) is 31.2 Å². The summed E-state index contributed by atoms with van der Waals surface area (Å²) in [6.45, 7) is 4.49. The Morgan fingerprint density at radius 2 is 2.00 bits per heavy atom. The second-order valence-electron chi connectivity index (χ2n) is 5.82. The molecule has 144 valence electrons. The van der Waals surface area contributed by atoms with Crippen molar-refractivity contribution in [1.29, 1.82) is 0 Å². The van der Waals surface area contributed by atoms with Gasteiger partial charge in [-0.2, -0.15) is 13.2 Å². The minimum Gasteiger partial charge on any atom is -0.361 e. The van der Waals surface area contributed by atoms with E-state index >= 15 is 0 Å². The summed E-state index contributed by atoms with van der Waals surface area (Å²) in [6.07, 6.45) is -3.57. The molecule has 0 N–H and O–H groups in total. The van der Waals surface area contributed by atoms with Gasteiger partial charge in [0.25, 0.3) is 0 Å². The molecular weight excluding hydrogens is 375 g/mol. The van der Waals surface area contributed by atoms with Crippen molar-refractivity contribution in [1.82, 2.24) is 4.98 Å². The van der Waals surface area contributed by atoms with E-state index in [2.05, 4.69) is 16.9 Å². The molecule has 0 aliphatic carbocycles.